The van der Waals surface area contributed by atoms with Gasteiger partial charge in [0.15, 0.2) is 11.4 Å². The Hall–Kier alpha value is -1.69. The number of aromatic nitrogens is 3. The number of carbonyl (C=O) groups is 1. The summed E-state index contributed by atoms with van der Waals surface area (Å²) in [5.41, 5.74) is 0.902. The van der Waals surface area contributed by atoms with Crippen LogP contribution in [0.5, 0.6) is 0 Å². The van der Waals surface area contributed by atoms with Crippen LogP contribution >= 0.6 is 11.3 Å². The molecule has 1 aliphatic heterocycles. The van der Waals surface area contributed by atoms with E-state index in [0.717, 1.165) is 53.9 Å². The molecule has 18 heavy (non-hydrogen) atoms. The van der Waals surface area contributed by atoms with Gasteiger partial charge in [0.2, 0.25) is 0 Å². The van der Waals surface area contributed by atoms with E-state index in [4.69, 9.17) is 0 Å². The monoisotopic (exact) mass is 262 g/mol. The molecule has 0 bridgehead atoms. The molecule has 0 spiro atoms. The highest BCUT2D eigenvalue weighted by Gasteiger charge is 2.20. The lowest BCUT2D eigenvalue weighted by Crippen LogP contribution is -2.33. The summed E-state index contributed by atoms with van der Waals surface area (Å²) in [6, 6.07) is 0. The quantitative estimate of drug-likeness (QED) is 0.791. The normalized spacial score (nSPS) is 14.6. The van der Waals surface area contributed by atoms with Crippen LogP contribution in [0, 0.1) is 0 Å². The summed E-state index contributed by atoms with van der Waals surface area (Å²) in [6.07, 6.45) is 5.54. The molecule has 0 aliphatic carbocycles. The number of anilines is 1. The Morgan fingerprint density at radius 2 is 2.39 bits per heavy atom. The summed E-state index contributed by atoms with van der Waals surface area (Å²) in [5.74, 6) is 1.06. The Morgan fingerprint density at radius 3 is 3.11 bits per heavy atom. The van der Waals surface area contributed by atoms with Crippen LogP contribution in [-0.4, -0.2) is 27.4 Å². The lowest BCUT2D eigenvalue weighted by Gasteiger charge is -2.27. The van der Waals surface area contributed by atoms with Crippen LogP contribution in [0.15, 0.2) is 12.4 Å². The minimum absolute atomic E-state index is 0.751. The fraction of sp³-hybridized carbons (Fsp3) is 0.417. The van der Waals surface area contributed by atoms with Gasteiger partial charge in [0.25, 0.3) is 0 Å². The zero-order chi connectivity index (χ0) is 12.5. The van der Waals surface area contributed by atoms with Crippen molar-refractivity contribution in [3.63, 3.8) is 0 Å². The van der Waals surface area contributed by atoms with E-state index < -0.39 is 0 Å². The second-order valence-electron chi connectivity index (χ2n) is 4.24. The molecule has 0 aromatic carbocycles. The van der Waals surface area contributed by atoms with Crippen LogP contribution in [0.25, 0.3) is 0 Å². The molecule has 2 aromatic heterocycles. The van der Waals surface area contributed by atoms with Crippen LogP contribution < -0.4 is 4.90 Å². The molecule has 0 atom stereocenters. The number of imidazole rings is 1. The van der Waals surface area contributed by atoms with Crippen LogP contribution in [0.1, 0.15) is 28.1 Å². The first-order chi connectivity index (χ1) is 8.81. The zero-order valence-electron chi connectivity index (χ0n) is 10.2. The van der Waals surface area contributed by atoms with Crippen molar-refractivity contribution in [2.24, 2.45) is 0 Å². The number of hydrogen-bond donors (Lipinski definition) is 0. The molecule has 0 radical (unpaired) electrons. The predicted molar refractivity (Wildman–Crippen MR) is 70.2 cm³/mol. The molecule has 0 unspecified atom stereocenters. The van der Waals surface area contributed by atoms with Crippen LogP contribution in [-0.2, 0) is 19.5 Å². The molecule has 94 valence electrons. The molecule has 6 heteroatoms. The largest absolute Gasteiger partial charge is 0.339 e. The Kier molecular flexibility index (Phi) is 2.87. The van der Waals surface area contributed by atoms with Crippen LogP contribution in [0.2, 0.25) is 0 Å². The Morgan fingerprint density at radius 1 is 1.50 bits per heavy atom. The second kappa shape index (κ2) is 4.53. The minimum Gasteiger partial charge on any atom is -0.339 e. The average molecular weight is 262 g/mol. The van der Waals surface area contributed by atoms with Crippen molar-refractivity contribution < 1.29 is 4.79 Å². The van der Waals surface area contributed by atoms with Gasteiger partial charge in [-0.25, -0.2) is 9.97 Å². The molecule has 3 heterocycles. The lowest BCUT2D eigenvalue weighted by molar-refractivity contribution is 0.112. The highest BCUT2D eigenvalue weighted by Crippen LogP contribution is 2.28. The summed E-state index contributed by atoms with van der Waals surface area (Å²) in [6.45, 7) is 4.63. The van der Waals surface area contributed by atoms with E-state index in [2.05, 4.69) is 19.4 Å². The maximum atomic E-state index is 11.0. The van der Waals surface area contributed by atoms with Crippen LogP contribution in [0.3, 0.4) is 0 Å². The average Bonchev–Trinajstić information content (AvgIpc) is 3.03. The Labute approximate surface area is 109 Å². The fourth-order valence-electron chi connectivity index (χ4n) is 2.17. The molecule has 5 nitrogen and oxygen atoms in total. The molecule has 0 saturated carbocycles. The van der Waals surface area contributed by atoms with Gasteiger partial charge in [-0.15, -0.1) is 0 Å². The van der Waals surface area contributed by atoms with Crippen molar-refractivity contribution in [1.29, 1.82) is 0 Å². The Bertz CT molecular complexity index is 574. The number of aryl methyl sites for hydroxylation is 1. The van der Waals surface area contributed by atoms with Gasteiger partial charge in [0.1, 0.15) is 5.82 Å². The first-order valence-corrected chi connectivity index (χ1v) is 6.83. The summed E-state index contributed by atoms with van der Waals surface area (Å²) in [4.78, 5) is 22.8. The van der Waals surface area contributed by atoms with Crippen molar-refractivity contribution in [2.75, 3.05) is 11.4 Å². The fourth-order valence-corrected chi connectivity index (χ4v) is 3.16. The molecule has 1 aliphatic rings. The second-order valence-corrected chi connectivity index (χ2v) is 5.25. The van der Waals surface area contributed by atoms with Gasteiger partial charge >= 0.3 is 0 Å². The standard InChI is InChI=1S/C12H14N4OS/c1-2-9-10(8-17)18-12(14-9)16-6-5-15-4-3-13-11(15)7-16/h3-4,8H,2,5-7H2,1H3. The van der Waals surface area contributed by atoms with Crippen molar-refractivity contribution in [3.05, 3.63) is 28.8 Å². The molecule has 3 rings (SSSR count). The highest BCUT2D eigenvalue weighted by molar-refractivity contribution is 7.17. The zero-order valence-corrected chi connectivity index (χ0v) is 11.0. The first kappa shape index (κ1) is 11.4. The number of aldehydes is 1. The number of rotatable bonds is 3. The number of thiazole rings is 1. The molecule has 0 saturated heterocycles. The molecular weight excluding hydrogens is 248 g/mol. The van der Waals surface area contributed by atoms with Crippen molar-refractivity contribution >= 4 is 22.8 Å². The third-order valence-electron chi connectivity index (χ3n) is 3.17. The van der Waals surface area contributed by atoms with Gasteiger partial charge in [-0.2, -0.15) is 0 Å². The molecular formula is C12H14N4OS. The molecule has 2 aromatic rings. The number of hydrogen-bond acceptors (Lipinski definition) is 5. The third-order valence-corrected chi connectivity index (χ3v) is 4.26. The van der Waals surface area contributed by atoms with Crippen molar-refractivity contribution in [3.8, 4) is 0 Å². The molecule has 0 fully saturated rings. The summed E-state index contributed by atoms with van der Waals surface area (Å²) >= 11 is 1.48. The van der Waals surface area contributed by atoms with E-state index >= 15 is 0 Å². The summed E-state index contributed by atoms with van der Waals surface area (Å²) in [5, 5.41) is 0.934. The van der Waals surface area contributed by atoms with E-state index in [1.54, 1.807) is 0 Å². The predicted octanol–water partition coefficient (Wildman–Crippen LogP) is 1.73. The van der Waals surface area contributed by atoms with Gasteiger partial charge in [-0.3, -0.25) is 4.79 Å². The third kappa shape index (κ3) is 1.82. The number of nitrogens with zero attached hydrogens (tertiary/aromatic N) is 4. The summed E-state index contributed by atoms with van der Waals surface area (Å²) in [7, 11) is 0. The van der Waals surface area contributed by atoms with Crippen molar-refractivity contribution in [2.45, 2.75) is 26.4 Å². The van der Waals surface area contributed by atoms with E-state index in [0.29, 0.717) is 0 Å². The minimum atomic E-state index is 0.751. The van der Waals surface area contributed by atoms with E-state index in [9.17, 15) is 4.79 Å². The van der Waals surface area contributed by atoms with Crippen LogP contribution in [0.4, 0.5) is 5.13 Å². The first-order valence-electron chi connectivity index (χ1n) is 6.01. The molecule has 0 N–H and O–H groups in total. The van der Waals surface area contributed by atoms with Crippen molar-refractivity contribution in [1.82, 2.24) is 14.5 Å². The maximum absolute atomic E-state index is 11.0. The highest BCUT2D eigenvalue weighted by atomic mass is 32.1. The van der Waals surface area contributed by atoms with E-state index in [1.165, 1.54) is 11.3 Å². The van der Waals surface area contributed by atoms with Gasteiger partial charge in [-0.1, -0.05) is 18.3 Å². The van der Waals surface area contributed by atoms with E-state index in [-0.39, 0.29) is 0 Å². The van der Waals surface area contributed by atoms with Gasteiger partial charge in [0, 0.05) is 25.5 Å². The SMILES string of the molecule is CCc1nc(N2CCn3ccnc3C2)sc1C=O. The number of carbonyl (C=O) groups excluding carboxylic acids is 1. The van der Waals surface area contributed by atoms with E-state index in [1.807, 2.05) is 19.3 Å². The summed E-state index contributed by atoms with van der Waals surface area (Å²) < 4.78 is 2.16. The Balaban J connectivity index is 1.88. The van der Waals surface area contributed by atoms with Gasteiger partial charge in [0.05, 0.1) is 17.1 Å². The topological polar surface area (TPSA) is 51.0 Å². The molecule has 0 amide bonds. The van der Waals surface area contributed by atoms with Gasteiger partial charge < -0.3 is 9.47 Å². The number of fused-ring (bicyclic) bond motifs is 1. The van der Waals surface area contributed by atoms with Gasteiger partial charge in [-0.05, 0) is 6.42 Å². The smallest absolute Gasteiger partial charge is 0.186 e. The maximum Gasteiger partial charge on any atom is 0.186 e. The lowest BCUT2D eigenvalue weighted by atomic mass is 10.3.